The fraction of sp³-hybridized carbons (Fsp3) is 0.120. The lowest BCUT2D eigenvalue weighted by molar-refractivity contribution is -0.123. The Balaban J connectivity index is 1.35. The summed E-state index contributed by atoms with van der Waals surface area (Å²) in [7, 11) is 0. The van der Waals surface area contributed by atoms with E-state index in [1.54, 1.807) is 60.7 Å². The molecule has 0 saturated carbocycles. The van der Waals surface area contributed by atoms with Crippen molar-refractivity contribution in [3.63, 3.8) is 0 Å². The van der Waals surface area contributed by atoms with E-state index in [-0.39, 0.29) is 36.7 Å². The van der Waals surface area contributed by atoms with E-state index in [1.165, 1.54) is 17.0 Å². The van der Waals surface area contributed by atoms with Crippen molar-refractivity contribution < 1.29 is 23.5 Å². The van der Waals surface area contributed by atoms with E-state index in [4.69, 9.17) is 21.1 Å². The summed E-state index contributed by atoms with van der Waals surface area (Å²) in [5.41, 5.74) is 1.58. The molecule has 1 saturated heterocycles. The van der Waals surface area contributed by atoms with Crippen LogP contribution in [0.15, 0.2) is 76.1 Å². The number of carbonyl (C=O) groups is 2. The van der Waals surface area contributed by atoms with E-state index in [0.29, 0.717) is 25.9 Å². The lowest BCUT2D eigenvalue weighted by atomic mass is 10.2. The Labute approximate surface area is 213 Å². The Hall–Kier alpha value is -2.81. The number of nitrogens with zero attached hydrogens (tertiary/aromatic N) is 1. The van der Waals surface area contributed by atoms with Crippen LogP contribution in [0.5, 0.6) is 11.5 Å². The van der Waals surface area contributed by atoms with Gasteiger partial charge in [0.1, 0.15) is 30.5 Å². The fourth-order valence-electron chi connectivity index (χ4n) is 3.10. The maximum Gasteiger partial charge on any atom is 0.293 e. The molecule has 0 aromatic heterocycles. The molecule has 34 heavy (non-hydrogen) atoms. The third-order valence-corrected chi connectivity index (χ3v) is 6.61. The minimum atomic E-state index is -0.359. The summed E-state index contributed by atoms with van der Waals surface area (Å²) in [4.78, 5) is 26.6. The van der Waals surface area contributed by atoms with Crippen molar-refractivity contribution in [2.45, 2.75) is 6.61 Å². The molecular formula is C25H18BrClFNO4S. The maximum absolute atomic E-state index is 13.0. The van der Waals surface area contributed by atoms with Crippen LogP contribution >= 0.6 is 39.3 Å². The summed E-state index contributed by atoms with van der Waals surface area (Å²) in [6, 6.07) is 18.3. The third-order valence-electron chi connectivity index (χ3n) is 4.83. The highest BCUT2D eigenvalue weighted by molar-refractivity contribution is 9.10. The van der Waals surface area contributed by atoms with Gasteiger partial charge in [0, 0.05) is 5.02 Å². The molecule has 3 aromatic carbocycles. The van der Waals surface area contributed by atoms with Crippen molar-refractivity contribution in [3.8, 4) is 11.5 Å². The molecule has 1 aliphatic heterocycles. The molecule has 0 spiro atoms. The molecule has 5 nitrogen and oxygen atoms in total. The summed E-state index contributed by atoms with van der Waals surface area (Å²) in [6.07, 6.45) is 1.67. The van der Waals surface area contributed by atoms with Crippen molar-refractivity contribution in [3.05, 3.63) is 98.1 Å². The molecule has 0 aliphatic carbocycles. The van der Waals surface area contributed by atoms with Gasteiger partial charge in [-0.3, -0.25) is 14.5 Å². The van der Waals surface area contributed by atoms with Gasteiger partial charge in [-0.2, -0.15) is 0 Å². The topological polar surface area (TPSA) is 55.8 Å². The molecule has 9 heteroatoms. The molecular weight excluding hydrogens is 545 g/mol. The summed E-state index contributed by atoms with van der Waals surface area (Å²) in [6.45, 7) is 0.609. The van der Waals surface area contributed by atoms with Gasteiger partial charge < -0.3 is 9.47 Å². The third kappa shape index (κ3) is 6.20. The van der Waals surface area contributed by atoms with Crippen LogP contribution in [0.3, 0.4) is 0 Å². The van der Waals surface area contributed by atoms with Crippen LogP contribution in [0, 0.1) is 5.82 Å². The Kier molecular flexibility index (Phi) is 7.92. The lowest BCUT2D eigenvalue weighted by Gasteiger charge is -2.13. The number of hydrogen-bond acceptors (Lipinski definition) is 5. The van der Waals surface area contributed by atoms with Gasteiger partial charge in [0.2, 0.25) is 0 Å². The van der Waals surface area contributed by atoms with Crippen LogP contribution in [0.4, 0.5) is 9.18 Å². The van der Waals surface area contributed by atoms with Crippen LogP contribution in [0.25, 0.3) is 6.08 Å². The molecule has 2 amide bonds. The smallest absolute Gasteiger partial charge is 0.293 e. The van der Waals surface area contributed by atoms with E-state index in [9.17, 15) is 14.0 Å². The van der Waals surface area contributed by atoms with Crippen LogP contribution in [-0.4, -0.2) is 29.2 Å². The van der Waals surface area contributed by atoms with E-state index >= 15 is 0 Å². The van der Waals surface area contributed by atoms with Crippen molar-refractivity contribution >= 4 is 56.5 Å². The zero-order valence-electron chi connectivity index (χ0n) is 17.7. The number of imide groups is 1. The largest absolute Gasteiger partial charge is 0.492 e. The summed E-state index contributed by atoms with van der Waals surface area (Å²) < 4.78 is 25.1. The predicted octanol–water partition coefficient (Wildman–Crippen LogP) is 6.94. The first-order valence-electron chi connectivity index (χ1n) is 10.2. The van der Waals surface area contributed by atoms with Gasteiger partial charge in [0.05, 0.1) is 15.9 Å². The van der Waals surface area contributed by atoms with E-state index in [2.05, 4.69) is 15.9 Å². The first-order valence-corrected chi connectivity index (χ1v) is 12.2. The second-order valence-corrected chi connectivity index (χ2v) is 9.52. The van der Waals surface area contributed by atoms with Crippen LogP contribution < -0.4 is 9.47 Å². The zero-order valence-corrected chi connectivity index (χ0v) is 20.8. The Morgan fingerprint density at radius 2 is 1.74 bits per heavy atom. The average molecular weight is 563 g/mol. The molecule has 1 fully saturated rings. The monoisotopic (exact) mass is 561 g/mol. The number of benzene rings is 3. The van der Waals surface area contributed by atoms with Gasteiger partial charge >= 0.3 is 0 Å². The van der Waals surface area contributed by atoms with Crippen LogP contribution in [-0.2, 0) is 11.4 Å². The number of hydrogen-bond donors (Lipinski definition) is 0. The number of halogens is 3. The Morgan fingerprint density at radius 1 is 1.00 bits per heavy atom. The van der Waals surface area contributed by atoms with Gasteiger partial charge in [-0.25, -0.2) is 4.39 Å². The first-order chi connectivity index (χ1) is 16.4. The highest BCUT2D eigenvalue weighted by atomic mass is 79.9. The highest BCUT2D eigenvalue weighted by Crippen LogP contribution is 2.34. The SMILES string of the molecule is O=C1S/C(=C\c2ccc(OCc3ccc(F)cc3)c(Br)c2)C(=O)N1CCOc1ccc(Cl)cc1. The zero-order chi connectivity index (χ0) is 24.1. The molecule has 0 bridgehead atoms. The molecule has 3 aromatic rings. The van der Waals surface area contributed by atoms with Crippen LogP contribution in [0.1, 0.15) is 11.1 Å². The summed E-state index contributed by atoms with van der Waals surface area (Å²) >= 11 is 10.2. The van der Waals surface area contributed by atoms with Gasteiger partial charge in [-0.15, -0.1) is 0 Å². The highest BCUT2D eigenvalue weighted by Gasteiger charge is 2.34. The molecule has 0 atom stereocenters. The van der Waals surface area contributed by atoms with Crippen molar-refractivity contribution in [1.82, 2.24) is 4.90 Å². The number of carbonyl (C=O) groups excluding carboxylic acids is 2. The predicted molar refractivity (Wildman–Crippen MR) is 134 cm³/mol. The summed E-state index contributed by atoms with van der Waals surface area (Å²) in [5.74, 6) is 0.558. The van der Waals surface area contributed by atoms with E-state index < -0.39 is 0 Å². The maximum atomic E-state index is 13.0. The quantitative estimate of drug-likeness (QED) is 0.279. The molecule has 1 aliphatic rings. The van der Waals surface area contributed by atoms with Gasteiger partial charge in [0.25, 0.3) is 11.1 Å². The normalized spacial score (nSPS) is 14.7. The molecule has 174 valence electrons. The number of ether oxygens (including phenoxy) is 2. The van der Waals surface area contributed by atoms with Crippen molar-refractivity contribution in [2.75, 3.05) is 13.2 Å². The van der Waals surface area contributed by atoms with Gasteiger partial charge in [-0.1, -0.05) is 29.8 Å². The Bertz CT molecular complexity index is 1230. The number of thioether (sulfide) groups is 1. The minimum Gasteiger partial charge on any atom is -0.492 e. The summed E-state index contributed by atoms with van der Waals surface area (Å²) in [5, 5.41) is 0.261. The van der Waals surface area contributed by atoms with Gasteiger partial charge in [0.15, 0.2) is 0 Å². The second-order valence-electron chi connectivity index (χ2n) is 7.24. The standard InChI is InChI=1S/C25H18BrClFNO4S/c26-21-13-17(3-10-22(21)33-15-16-1-6-19(28)7-2-16)14-23-24(30)29(25(31)34-23)11-12-32-20-8-4-18(27)5-9-20/h1-10,13-14H,11-12,15H2/b23-14-. The van der Waals surface area contributed by atoms with E-state index in [1.807, 2.05) is 0 Å². The molecule has 1 heterocycles. The molecule has 0 radical (unpaired) electrons. The van der Waals surface area contributed by atoms with Gasteiger partial charge in [-0.05, 0) is 93.4 Å². The fourth-order valence-corrected chi connectivity index (χ4v) is 4.60. The van der Waals surface area contributed by atoms with Crippen LogP contribution in [0.2, 0.25) is 5.02 Å². The molecule has 0 unspecified atom stereocenters. The molecule has 4 rings (SSSR count). The number of amides is 2. The first kappa shape index (κ1) is 24.3. The van der Waals surface area contributed by atoms with Crippen molar-refractivity contribution in [1.29, 1.82) is 0 Å². The second kappa shape index (κ2) is 11.1. The average Bonchev–Trinajstić information content (AvgIpc) is 3.08. The molecule has 0 N–H and O–H groups in total. The van der Waals surface area contributed by atoms with Crippen molar-refractivity contribution in [2.24, 2.45) is 0 Å². The minimum absolute atomic E-state index is 0.143. The van der Waals surface area contributed by atoms with E-state index in [0.717, 1.165) is 22.9 Å². The lowest BCUT2D eigenvalue weighted by Crippen LogP contribution is -2.32. The number of rotatable bonds is 8. The Morgan fingerprint density at radius 3 is 2.44 bits per heavy atom.